The number of amides is 1. The molecule has 0 aliphatic rings. The standard InChI is InChI=1S/C17H28N2O3/c1-6-10-19(12-7-11-18(2)3)17(20)14-8-9-15(21-4)16(13-14)22-5/h8-9,13H,6-7,10-12H2,1-5H3. The summed E-state index contributed by atoms with van der Waals surface area (Å²) >= 11 is 0. The second-order valence-corrected chi connectivity index (χ2v) is 5.52. The van der Waals surface area contributed by atoms with Gasteiger partial charge < -0.3 is 19.3 Å². The van der Waals surface area contributed by atoms with E-state index in [0.717, 1.165) is 32.5 Å². The van der Waals surface area contributed by atoms with E-state index in [1.54, 1.807) is 32.4 Å². The average Bonchev–Trinajstić information content (AvgIpc) is 2.52. The highest BCUT2D eigenvalue weighted by atomic mass is 16.5. The first kappa shape index (κ1) is 18.3. The van der Waals surface area contributed by atoms with Crippen molar-refractivity contribution in [2.24, 2.45) is 0 Å². The summed E-state index contributed by atoms with van der Waals surface area (Å²) in [4.78, 5) is 16.7. The Balaban J connectivity index is 2.84. The molecule has 0 aliphatic carbocycles. The molecule has 0 aromatic heterocycles. The third-order valence-electron chi connectivity index (χ3n) is 3.44. The predicted octanol–water partition coefficient (Wildman–Crippen LogP) is 2.51. The molecule has 1 aromatic rings. The molecule has 0 heterocycles. The lowest BCUT2D eigenvalue weighted by Crippen LogP contribution is -2.34. The summed E-state index contributed by atoms with van der Waals surface area (Å²) in [6.45, 7) is 4.58. The van der Waals surface area contributed by atoms with Crippen LogP contribution in [0.5, 0.6) is 11.5 Å². The molecule has 1 rings (SSSR count). The quantitative estimate of drug-likeness (QED) is 0.703. The Kier molecular flexibility index (Phi) is 7.74. The van der Waals surface area contributed by atoms with E-state index in [1.807, 2.05) is 19.0 Å². The van der Waals surface area contributed by atoms with Crippen molar-refractivity contribution < 1.29 is 14.3 Å². The molecular weight excluding hydrogens is 280 g/mol. The van der Waals surface area contributed by atoms with Crippen LogP contribution in [0.4, 0.5) is 0 Å². The number of hydrogen-bond donors (Lipinski definition) is 0. The van der Waals surface area contributed by atoms with Gasteiger partial charge in [-0.05, 0) is 51.7 Å². The number of rotatable bonds is 9. The van der Waals surface area contributed by atoms with E-state index in [9.17, 15) is 4.79 Å². The van der Waals surface area contributed by atoms with Gasteiger partial charge in [0.25, 0.3) is 5.91 Å². The van der Waals surface area contributed by atoms with Crippen LogP contribution in [-0.2, 0) is 0 Å². The fraction of sp³-hybridized carbons (Fsp3) is 0.588. The molecule has 0 aliphatic heterocycles. The van der Waals surface area contributed by atoms with E-state index in [1.165, 1.54) is 0 Å². The molecule has 1 amide bonds. The Morgan fingerprint density at radius 3 is 2.27 bits per heavy atom. The van der Waals surface area contributed by atoms with Gasteiger partial charge in [0.1, 0.15) is 0 Å². The van der Waals surface area contributed by atoms with Crippen LogP contribution in [0.2, 0.25) is 0 Å². The first-order chi connectivity index (χ1) is 10.5. The lowest BCUT2D eigenvalue weighted by atomic mass is 10.1. The average molecular weight is 308 g/mol. The highest BCUT2D eigenvalue weighted by Gasteiger charge is 2.17. The Morgan fingerprint density at radius 1 is 1.05 bits per heavy atom. The zero-order valence-corrected chi connectivity index (χ0v) is 14.4. The number of nitrogens with zero attached hydrogens (tertiary/aromatic N) is 2. The van der Waals surface area contributed by atoms with Gasteiger partial charge in [0, 0.05) is 18.7 Å². The molecule has 0 fully saturated rings. The maximum Gasteiger partial charge on any atom is 0.253 e. The summed E-state index contributed by atoms with van der Waals surface area (Å²) in [5.74, 6) is 1.26. The van der Waals surface area contributed by atoms with Crippen LogP contribution >= 0.6 is 0 Å². The molecule has 1 aromatic carbocycles. The van der Waals surface area contributed by atoms with Crippen molar-refractivity contribution in [2.75, 3.05) is 47.9 Å². The summed E-state index contributed by atoms with van der Waals surface area (Å²) < 4.78 is 10.5. The van der Waals surface area contributed by atoms with Gasteiger partial charge in [-0.15, -0.1) is 0 Å². The van der Waals surface area contributed by atoms with E-state index in [2.05, 4.69) is 11.8 Å². The molecule has 0 N–H and O–H groups in total. The Morgan fingerprint density at radius 2 is 1.73 bits per heavy atom. The van der Waals surface area contributed by atoms with Gasteiger partial charge >= 0.3 is 0 Å². The fourth-order valence-corrected chi connectivity index (χ4v) is 2.31. The number of benzene rings is 1. The van der Waals surface area contributed by atoms with Crippen LogP contribution in [0.15, 0.2) is 18.2 Å². The van der Waals surface area contributed by atoms with E-state index < -0.39 is 0 Å². The molecule has 0 spiro atoms. The normalized spacial score (nSPS) is 10.6. The molecule has 0 bridgehead atoms. The van der Waals surface area contributed by atoms with E-state index in [-0.39, 0.29) is 5.91 Å². The second kappa shape index (κ2) is 9.30. The topological polar surface area (TPSA) is 42.0 Å². The number of ether oxygens (including phenoxy) is 2. The molecule has 0 saturated heterocycles. The number of hydrogen-bond acceptors (Lipinski definition) is 4. The zero-order valence-electron chi connectivity index (χ0n) is 14.4. The first-order valence-electron chi connectivity index (χ1n) is 7.69. The number of carbonyl (C=O) groups excluding carboxylic acids is 1. The first-order valence-corrected chi connectivity index (χ1v) is 7.69. The molecule has 124 valence electrons. The Labute approximate surface area is 133 Å². The van der Waals surface area contributed by atoms with Gasteiger partial charge in [-0.3, -0.25) is 4.79 Å². The molecule has 5 heteroatoms. The van der Waals surface area contributed by atoms with Crippen LogP contribution in [-0.4, -0.2) is 63.7 Å². The van der Waals surface area contributed by atoms with Gasteiger partial charge in [0.05, 0.1) is 14.2 Å². The Hall–Kier alpha value is -1.75. The molecule has 5 nitrogen and oxygen atoms in total. The minimum absolute atomic E-state index is 0.0431. The lowest BCUT2D eigenvalue weighted by Gasteiger charge is -2.23. The minimum atomic E-state index is 0.0431. The highest BCUT2D eigenvalue weighted by molar-refractivity contribution is 5.95. The van der Waals surface area contributed by atoms with E-state index >= 15 is 0 Å². The monoisotopic (exact) mass is 308 g/mol. The molecule has 0 atom stereocenters. The highest BCUT2D eigenvalue weighted by Crippen LogP contribution is 2.28. The van der Waals surface area contributed by atoms with Gasteiger partial charge in [-0.25, -0.2) is 0 Å². The van der Waals surface area contributed by atoms with Crippen LogP contribution in [0.25, 0.3) is 0 Å². The summed E-state index contributed by atoms with van der Waals surface area (Å²) in [6.07, 6.45) is 1.91. The maximum atomic E-state index is 12.7. The maximum absolute atomic E-state index is 12.7. The van der Waals surface area contributed by atoms with Crippen LogP contribution in [0.1, 0.15) is 30.1 Å². The molecule has 0 unspecified atom stereocenters. The number of methoxy groups -OCH3 is 2. The largest absolute Gasteiger partial charge is 0.493 e. The fourth-order valence-electron chi connectivity index (χ4n) is 2.31. The van der Waals surface area contributed by atoms with Crippen LogP contribution in [0, 0.1) is 0 Å². The SMILES string of the molecule is CCCN(CCCN(C)C)C(=O)c1ccc(OC)c(OC)c1. The molecule has 0 saturated carbocycles. The van der Waals surface area contributed by atoms with Gasteiger partial charge in [-0.1, -0.05) is 6.92 Å². The molecular formula is C17H28N2O3. The second-order valence-electron chi connectivity index (χ2n) is 5.52. The van der Waals surface area contributed by atoms with Crippen LogP contribution in [0.3, 0.4) is 0 Å². The van der Waals surface area contributed by atoms with E-state index in [0.29, 0.717) is 17.1 Å². The van der Waals surface area contributed by atoms with Crippen molar-refractivity contribution in [3.63, 3.8) is 0 Å². The van der Waals surface area contributed by atoms with Crippen molar-refractivity contribution in [2.45, 2.75) is 19.8 Å². The van der Waals surface area contributed by atoms with Crippen molar-refractivity contribution in [3.05, 3.63) is 23.8 Å². The summed E-state index contributed by atoms with van der Waals surface area (Å²) in [5.41, 5.74) is 0.635. The van der Waals surface area contributed by atoms with Crippen molar-refractivity contribution >= 4 is 5.91 Å². The van der Waals surface area contributed by atoms with Gasteiger partial charge in [0.2, 0.25) is 0 Å². The number of carbonyl (C=O) groups is 1. The van der Waals surface area contributed by atoms with Gasteiger partial charge in [0.15, 0.2) is 11.5 Å². The summed E-state index contributed by atoms with van der Waals surface area (Å²) in [7, 11) is 7.25. The minimum Gasteiger partial charge on any atom is -0.493 e. The van der Waals surface area contributed by atoms with Crippen molar-refractivity contribution in [3.8, 4) is 11.5 Å². The third-order valence-corrected chi connectivity index (χ3v) is 3.44. The third kappa shape index (κ3) is 5.22. The van der Waals surface area contributed by atoms with Crippen LogP contribution < -0.4 is 9.47 Å². The molecule has 22 heavy (non-hydrogen) atoms. The van der Waals surface area contributed by atoms with Gasteiger partial charge in [-0.2, -0.15) is 0 Å². The molecule has 0 radical (unpaired) electrons. The van der Waals surface area contributed by atoms with Crippen molar-refractivity contribution in [1.82, 2.24) is 9.80 Å². The zero-order chi connectivity index (χ0) is 16.5. The van der Waals surface area contributed by atoms with E-state index in [4.69, 9.17) is 9.47 Å². The van der Waals surface area contributed by atoms with Crippen molar-refractivity contribution in [1.29, 1.82) is 0 Å². The Bertz CT molecular complexity index is 475. The smallest absolute Gasteiger partial charge is 0.253 e. The summed E-state index contributed by atoms with van der Waals surface area (Å²) in [5, 5.41) is 0. The lowest BCUT2D eigenvalue weighted by molar-refractivity contribution is 0.0749. The summed E-state index contributed by atoms with van der Waals surface area (Å²) in [6, 6.07) is 5.31. The predicted molar refractivity (Wildman–Crippen MR) is 88.9 cm³/mol.